The summed E-state index contributed by atoms with van der Waals surface area (Å²) in [6.07, 6.45) is 2.06. The van der Waals surface area contributed by atoms with Crippen molar-refractivity contribution in [1.29, 1.82) is 0 Å². The average molecular weight is 243 g/mol. The molecule has 6 heteroatoms. The van der Waals surface area contributed by atoms with Gasteiger partial charge >= 0.3 is 7.05 Å². The molecule has 1 atom stereocenters. The fourth-order valence-electron chi connectivity index (χ4n) is 2.37. The zero-order valence-corrected chi connectivity index (χ0v) is 10.2. The summed E-state index contributed by atoms with van der Waals surface area (Å²) in [5, 5.41) is 7.35. The maximum Gasteiger partial charge on any atom is 0.520 e. The Hall–Kier alpha value is -1.69. The van der Waals surface area contributed by atoms with Crippen LogP contribution in [-0.4, -0.2) is 18.8 Å². The minimum Gasteiger partial charge on any atom is -0.405 e. The summed E-state index contributed by atoms with van der Waals surface area (Å²) in [6.45, 7) is 2.58. The molecule has 0 radical (unpaired) electrons. The first-order valence-electron chi connectivity index (χ1n) is 6.17. The van der Waals surface area contributed by atoms with E-state index in [1.54, 1.807) is 0 Å². The second kappa shape index (κ2) is 4.53. The molecule has 0 amide bonds. The summed E-state index contributed by atoms with van der Waals surface area (Å²) in [6, 6.07) is 6.40. The van der Waals surface area contributed by atoms with Crippen LogP contribution < -0.4 is 10.9 Å². The summed E-state index contributed by atoms with van der Waals surface area (Å²) in [5.41, 5.74) is 7.20. The molecule has 0 saturated heterocycles. The van der Waals surface area contributed by atoms with E-state index in [2.05, 4.69) is 28.6 Å². The highest BCUT2D eigenvalue weighted by molar-refractivity contribution is 6.67. The Bertz CT molecular complexity index is 518. The number of hydrogen-bond donors (Lipinski definition) is 1. The van der Waals surface area contributed by atoms with Gasteiger partial charge in [0, 0.05) is 6.04 Å². The standard InChI is InChI=1S/C12H14BN3O2/c1-8-2-5-12(15-14-8)9-3-4-11-10(6-9)7-18-13(11)16-17/h3-4,6,8,14H,2,5,7H2,1H3. The van der Waals surface area contributed by atoms with Gasteiger partial charge in [0.1, 0.15) is 0 Å². The predicted octanol–water partition coefficient (Wildman–Crippen LogP) is 1.15. The summed E-state index contributed by atoms with van der Waals surface area (Å²) in [4.78, 5) is 10.6. The van der Waals surface area contributed by atoms with Gasteiger partial charge in [0.15, 0.2) is 0 Å². The number of nitroso groups, excluding NO2 is 1. The quantitative estimate of drug-likeness (QED) is 0.626. The molecule has 0 spiro atoms. The second-order valence-corrected chi connectivity index (χ2v) is 4.81. The van der Waals surface area contributed by atoms with E-state index in [0.29, 0.717) is 12.6 Å². The van der Waals surface area contributed by atoms with Gasteiger partial charge in [-0.1, -0.05) is 17.2 Å². The highest BCUT2D eigenvalue weighted by Crippen LogP contribution is 2.17. The summed E-state index contributed by atoms with van der Waals surface area (Å²) < 4.78 is 5.30. The maximum atomic E-state index is 10.6. The van der Waals surface area contributed by atoms with E-state index in [-0.39, 0.29) is 0 Å². The molecule has 1 aromatic carbocycles. The summed E-state index contributed by atoms with van der Waals surface area (Å²) in [5.74, 6) is 0. The smallest absolute Gasteiger partial charge is 0.405 e. The number of hydrazone groups is 1. The van der Waals surface area contributed by atoms with Gasteiger partial charge in [-0.3, -0.25) is 0 Å². The Morgan fingerprint density at radius 2 is 2.44 bits per heavy atom. The summed E-state index contributed by atoms with van der Waals surface area (Å²) in [7, 11) is -0.638. The third-order valence-corrected chi connectivity index (χ3v) is 3.47. The highest BCUT2D eigenvalue weighted by atomic mass is 16.5. The van der Waals surface area contributed by atoms with Gasteiger partial charge < -0.3 is 10.1 Å². The van der Waals surface area contributed by atoms with E-state index in [1.807, 2.05) is 12.1 Å². The van der Waals surface area contributed by atoms with Crippen LogP contribution in [0.1, 0.15) is 30.9 Å². The third-order valence-electron chi connectivity index (χ3n) is 3.47. The van der Waals surface area contributed by atoms with Crippen LogP contribution in [-0.2, 0) is 11.3 Å². The Balaban J connectivity index is 1.90. The van der Waals surface area contributed by atoms with Crippen LogP contribution in [0.3, 0.4) is 0 Å². The Kier molecular flexibility index (Phi) is 2.87. The molecule has 5 nitrogen and oxygen atoms in total. The minimum absolute atomic E-state index is 0.440. The zero-order valence-electron chi connectivity index (χ0n) is 10.2. The van der Waals surface area contributed by atoms with E-state index in [4.69, 9.17) is 4.65 Å². The molecule has 18 heavy (non-hydrogen) atoms. The van der Waals surface area contributed by atoms with Crippen molar-refractivity contribution in [2.45, 2.75) is 32.4 Å². The molecule has 0 fully saturated rings. The van der Waals surface area contributed by atoms with Crippen LogP contribution >= 0.6 is 0 Å². The van der Waals surface area contributed by atoms with Crippen LogP contribution in [0.5, 0.6) is 0 Å². The lowest BCUT2D eigenvalue weighted by Crippen LogP contribution is -2.29. The number of nitrogens with zero attached hydrogens (tertiary/aromatic N) is 2. The van der Waals surface area contributed by atoms with Gasteiger partial charge in [0.2, 0.25) is 0 Å². The molecule has 1 aromatic rings. The molecule has 92 valence electrons. The van der Waals surface area contributed by atoms with Crippen molar-refractivity contribution in [1.82, 2.24) is 5.43 Å². The van der Waals surface area contributed by atoms with Gasteiger partial charge in [-0.25, -0.2) is 0 Å². The van der Waals surface area contributed by atoms with Crippen molar-refractivity contribution in [2.75, 3.05) is 0 Å². The van der Waals surface area contributed by atoms with Crippen molar-refractivity contribution < 1.29 is 4.65 Å². The lowest BCUT2D eigenvalue weighted by Gasteiger charge is -2.19. The molecule has 0 bridgehead atoms. The van der Waals surface area contributed by atoms with Crippen LogP contribution in [0.25, 0.3) is 0 Å². The molecule has 0 aliphatic carbocycles. The largest absolute Gasteiger partial charge is 0.520 e. The van der Waals surface area contributed by atoms with Crippen molar-refractivity contribution >= 4 is 18.2 Å². The van der Waals surface area contributed by atoms with Crippen LogP contribution in [0.4, 0.5) is 0 Å². The Morgan fingerprint density at radius 1 is 1.56 bits per heavy atom. The van der Waals surface area contributed by atoms with Crippen molar-refractivity contribution in [3.63, 3.8) is 0 Å². The molecule has 2 aliphatic heterocycles. The van der Waals surface area contributed by atoms with Gasteiger partial charge in [0.25, 0.3) is 0 Å². The van der Waals surface area contributed by atoms with Crippen LogP contribution in [0.2, 0.25) is 0 Å². The van der Waals surface area contributed by atoms with E-state index in [0.717, 1.165) is 35.1 Å². The number of nitrogens with one attached hydrogen (secondary N) is 1. The number of rotatable bonds is 2. The lowest BCUT2D eigenvalue weighted by atomic mass is 9.75. The highest BCUT2D eigenvalue weighted by Gasteiger charge is 2.31. The Morgan fingerprint density at radius 3 is 3.17 bits per heavy atom. The van der Waals surface area contributed by atoms with Gasteiger partial charge in [-0.2, -0.15) is 10.0 Å². The molecule has 0 saturated carbocycles. The molecule has 2 aliphatic rings. The fraction of sp³-hybridized carbons (Fsp3) is 0.417. The minimum atomic E-state index is -0.638. The number of benzene rings is 1. The first-order valence-corrected chi connectivity index (χ1v) is 6.17. The molecule has 1 unspecified atom stereocenters. The molecule has 1 N–H and O–H groups in total. The SMILES string of the molecule is CC1CCC(c2ccc3c(c2)COB3N=O)=NN1. The molecule has 2 heterocycles. The third kappa shape index (κ3) is 1.92. The molecular formula is C12H14BN3O2. The predicted molar refractivity (Wildman–Crippen MR) is 70.8 cm³/mol. The number of fused-ring (bicyclic) bond motifs is 1. The molecular weight excluding hydrogens is 229 g/mol. The maximum absolute atomic E-state index is 10.6. The van der Waals surface area contributed by atoms with E-state index >= 15 is 0 Å². The fourth-order valence-corrected chi connectivity index (χ4v) is 2.37. The van der Waals surface area contributed by atoms with E-state index in [1.165, 1.54) is 0 Å². The van der Waals surface area contributed by atoms with Crippen molar-refractivity contribution in [3.8, 4) is 0 Å². The monoisotopic (exact) mass is 243 g/mol. The second-order valence-electron chi connectivity index (χ2n) is 4.81. The first kappa shape index (κ1) is 11.4. The van der Waals surface area contributed by atoms with Gasteiger partial charge in [-0.15, -0.1) is 0 Å². The normalized spacial score (nSPS) is 22.2. The number of hydrogen-bond acceptors (Lipinski definition) is 5. The van der Waals surface area contributed by atoms with Gasteiger partial charge in [-0.05, 0) is 42.4 Å². The van der Waals surface area contributed by atoms with Gasteiger partial charge in [0.05, 0.1) is 12.3 Å². The van der Waals surface area contributed by atoms with Crippen LogP contribution in [0.15, 0.2) is 28.4 Å². The van der Waals surface area contributed by atoms with Crippen LogP contribution in [0, 0.1) is 4.91 Å². The van der Waals surface area contributed by atoms with Crippen molar-refractivity contribution in [2.24, 2.45) is 10.2 Å². The van der Waals surface area contributed by atoms with E-state index in [9.17, 15) is 4.91 Å². The Labute approximate surface area is 106 Å². The molecule has 0 aromatic heterocycles. The first-order chi connectivity index (χ1) is 8.78. The topological polar surface area (TPSA) is 63.0 Å². The van der Waals surface area contributed by atoms with E-state index < -0.39 is 7.05 Å². The molecule has 3 rings (SSSR count). The zero-order chi connectivity index (χ0) is 12.5. The van der Waals surface area contributed by atoms with Crippen molar-refractivity contribution in [3.05, 3.63) is 34.2 Å². The lowest BCUT2D eigenvalue weighted by molar-refractivity contribution is 0.331. The average Bonchev–Trinajstić information content (AvgIpc) is 2.81. The summed E-state index contributed by atoms with van der Waals surface area (Å²) >= 11 is 0.